The zero-order chi connectivity index (χ0) is 11.5. The van der Waals surface area contributed by atoms with Gasteiger partial charge in [0.25, 0.3) is 0 Å². The van der Waals surface area contributed by atoms with Crippen LogP contribution in [0.4, 0.5) is 0 Å². The molecule has 2 aliphatic rings. The van der Waals surface area contributed by atoms with Crippen LogP contribution in [0.15, 0.2) is 29.2 Å². The van der Waals surface area contributed by atoms with Crippen molar-refractivity contribution in [1.82, 2.24) is 5.32 Å². The minimum Gasteiger partial charge on any atom is -0.309 e. The van der Waals surface area contributed by atoms with Crippen LogP contribution in [0.25, 0.3) is 0 Å². The SMILES string of the molecule is c1ccc2c(c1)SCC2NCC1CCCCC1. The molecule has 1 N–H and O–H groups in total. The first-order chi connectivity index (χ1) is 8.43. The smallest absolute Gasteiger partial charge is 0.0426 e. The Hall–Kier alpha value is -0.470. The fourth-order valence-electron chi connectivity index (χ4n) is 3.03. The molecule has 3 rings (SSSR count). The topological polar surface area (TPSA) is 12.0 Å². The van der Waals surface area contributed by atoms with E-state index in [0.29, 0.717) is 6.04 Å². The van der Waals surface area contributed by atoms with Crippen molar-refractivity contribution < 1.29 is 0 Å². The van der Waals surface area contributed by atoms with Gasteiger partial charge in [0.1, 0.15) is 0 Å². The van der Waals surface area contributed by atoms with E-state index >= 15 is 0 Å². The average molecular weight is 247 g/mol. The van der Waals surface area contributed by atoms with Gasteiger partial charge in [0.05, 0.1) is 0 Å². The Morgan fingerprint density at radius 2 is 1.94 bits per heavy atom. The minimum atomic E-state index is 0.595. The molecule has 1 heterocycles. The van der Waals surface area contributed by atoms with E-state index in [9.17, 15) is 0 Å². The Morgan fingerprint density at radius 3 is 2.82 bits per heavy atom. The van der Waals surface area contributed by atoms with Crippen molar-refractivity contribution in [3.05, 3.63) is 29.8 Å². The zero-order valence-electron chi connectivity index (χ0n) is 10.3. The fourth-order valence-corrected chi connectivity index (χ4v) is 4.23. The third-order valence-electron chi connectivity index (χ3n) is 4.08. The summed E-state index contributed by atoms with van der Waals surface area (Å²) in [6.45, 7) is 1.22. The van der Waals surface area contributed by atoms with Gasteiger partial charge in [0.2, 0.25) is 0 Å². The summed E-state index contributed by atoms with van der Waals surface area (Å²) in [5.41, 5.74) is 1.52. The summed E-state index contributed by atoms with van der Waals surface area (Å²) in [6, 6.07) is 9.45. The second-order valence-electron chi connectivity index (χ2n) is 5.31. The highest BCUT2D eigenvalue weighted by atomic mass is 32.2. The second-order valence-corrected chi connectivity index (χ2v) is 6.38. The van der Waals surface area contributed by atoms with Gasteiger partial charge in [-0.05, 0) is 36.9 Å². The normalized spacial score (nSPS) is 24.8. The number of benzene rings is 1. The van der Waals surface area contributed by atoms with Crippen molar-refractivity contribution in [3.8, 4) is 0 Å². The predicted octanol–water partition coefficient (Wildman–Crippen LogP) is 4.00. The maximum Gasteiger partial charge on any atom is 0.0426 e. The van der Waals surface area contributed by atoms with Gasteiger partial charge in [-0.2, -0.15) is 0 Å². The number of thioether (sulfide) groups is 1. The average Bonchev–Trinajstić information content (AvgIpc) is 2.81. The number of rotatable bonds is 3. The molecule has 0 spiro atoms. The molecule has 0 radical (unpaired) electrons. The highest BCUT2D eigenvalue weighted by molar-refractivity contribution is 7.99. The predicted molar refractivity (Wildman–Crippen MR) is 74.5 cm³/mol. The highest BCUT2D eigenvalue weighted by Crippen LogP contribution is 2.38. The first-order valence-electron chi connectivity index (χ1n) is 6.88. The van der Waals surface area contributed by atoms with Crippen molar-refractivity contribution >= 4 is 11.8 Å². The van der Waals surface area contributed by atoms with Gasteiger partial charge in [-0.1, -0.05) is 37.5 Å². The van der Waals surface area contributed by atoms with Crippen LogP contribution in [-0.2, 0) is 0 Å². The van der Waals surface area contributed by atoms with Crippen molar-refractivity contribution in [2.75, 3.05) is 12.3 Å². The molecule has 0 aromatic heterocycles. The second kappa shape index (κ2) is 5.45. The number of fused-ring (bicyclic) bond motifs is 1. The Balaban J connectivity index is 1.56. The van der Waals surface area contributed by atoms with Crippen LogP contribution in [0, 0.1) is 5.92 Å². The van der Waals surface area contributed by atoms with E-state index in [1.54, 1.807) is 0 Å². The van der Waals surface area contributed by atoms with Crippen LogP contribution >= 0.6 is 11.8 Å². The van der Waals surface area contributed by atoms with Crippen molar-refractivity contribution in [2.24, 2.45) is 5.92 Å². The molecule has 1 aromatic carbocycles. The lowest BCUT2D eigenvalue weighted by atomic mass is 9.89. The maximum atomic E-state index is 3.79. The summed E-state index contributed by atoms with van der Waals surface area (Å²) in [7, 11) is 0. The molecule has 17 heavy (non-hydrogen) atoms. The maximum absolute atomic E-state index is 3.79. The zero-order valence-corrected chi connectivity index (χ0v) is 11.1. The van der Waals surface area contributed by atoms with E-state index in [0.717, 1.165) is 5.92 Å². The molecule has 2 heteroatoms. The number of hydrogen-bond acceptors (Lipinski definition) is 2. The Labute approximate surface area is 108 Å². The van der Waals surface area contributed by atoms with Crippen LogP contribution in [0.1, 0.15) is 43.7 Å². The van der Waals surface area contributed by atoms with Gasteiger partial charge < -0.3 is 5.32 Å². The number of nitrogens with one attached hydrogen (secondary N) is 1. The van der Waals surface area contributed by atoms with Crippen LogP contribution < -0.4 is 5.32 Å². The van der Waals surface area contributed by atoms with E-state index in [1.165, 1.54) is 54.9 Å². The van der Waals surface area contributed by atoms with Crippen LogP contribution in [0.2, 0.25) is 0 Å². The van der Waals surface area contributed by atoms with Crippen LogP contribution in [-0.4, -0.2) is 12.3 Å². The molecular weight excluding hydrogens is 226 g/mol. The molecule has 1 aliphatic heterocycles. The monoisotopic (exact) mass is 247 g/mol. The lowest BCUT2D eigenvalue weighted by Crippen LogP contribution is -2.28. The van der Waals surface area contributed by atoms with Crippen molar-refractivity contribution in [1.29, 1.82) is 0 Å². The first-order valence-corrected chi connectivity index (χ1v) is 7.87. The molecule has 1 nitrogen and oxygen atoms in total. The Bertz CT molecular complexity index is 371. The van der Waals surface area contributed by atoms with E-state index < -0.39 is 0 Å². The lowest BCUT2D eigenvalue weighted by molar-refractivity contribution is 0.332. The summed E-state index contributed by atoms with van der Waals surface area (Å²) in [4.78, 5) is 1.48. The van der Waals surface area contributed by atoms with Gasteiger partial charge in [-0.15, -0.1) is 11.8 Å². The summed E-state index contributed by atoms with van der Waals surface area (Å²) < 4.78 is 0. The van der Waals surface area contributed by atoms with Crippen molar-refractivity contribution in [2.45, 2.75) is 43.0 Å². The molecule has 1 aliphatic carbocycles. The van der Waals surface area contributed by atoms with Crippen LogP contribution in [0.5, 0.6) is 0 Å². The first kappa shape index (κ1) is 11.6. The summed E-state index contributed by atoms with van der Waals surface area (Å²) in [5, 5.41) is 3.79. The molecule has 0 bridgehead atoms. The van der Waals surface area contributed by atoms with Gasteiger partial charge >= 0.3 is 0 Å². The molecule has 0 amide bonds. The van der Waals surface area contributed by atoms with E-state index in [4.69, 9.17) is 0 Å². The van der Waals surface area contributed by atoms with Gasteiger partial charge in [-0.3, -0.25) is 0 Å². The molecular formula is C15H21NS. The summed E-state index contributed by atoms with van der Waals surface area (Å²) in [6.07, 6.45) is 7.23. The van der Waals surface area contributed by atoms with Gasteiger partial charge in [0, 0.05) is 16.7 Å². The Morgan fingerprint density at radius 1 is 1.12 bits per heavy atom. The molecule has 0 saturated heterocycles. The Kier molecular flexibility index (Phi) is 3.72. The third kappa shape index (κ3) is 2.69. The molecule has 1 unspecified atom stereocenters. The standard InChI is InChI=1S/C15H21NS/c1-2-6-12(7-3-1)10-16-14-11-17-15-9-5-4-8-13(14)15/h4-5,8-9,12,14,16H,1-3,6-7,10-11H2. The molecule has 1 atom stereocenters. The van der Waals surface area contributed by atoms with Crippen molar-refractivity contribution in [3.63, 3.8) is 0 Å². The number of hydrogen-bond donors (Lipinski definition) is 1. The minimum absolute atomic E-state index is 0.595. The summed E-state index contributed by atoms with van der Waals surface area (Å²) in [5.74, 6) is 2.15. The van der Waals surface area contributed by atoms with E-state index in [1.807, 2.05) is 11.8 Å². The van der Waals surface area contributed by atoms with Gasteiger partial charge in [0.15, 0.2) is 0 Å². The molecule has 1 aromatic rings. The quantitative estimate of drug-likeness (QED) is 0.866. The third-order valence-corrected chi connectivity index (χ3v) is 5.26. The van der Waals surface area contributed by atoms with E-state index in [-0.39, 0.29) is 0 Å². The lowest BCUT2D eigenvalue weighted by Gasteiger charge is -2.24. The molecule has 1 fully saturated rings. The van der Waals surface area contributed by atoms with Crippen LogP contribution in [0.3, 0.4) is 0 Å². The van der Waals surface area contributed by atoms with Gasteiger partial charge in [-0.25, -0.2) is 0 Å². The van der Waals surface area contributed by atoms with E-state index in [2.05, 4.69) is 29.6 Å². The summed E-state index contributed by atoms with van der Waals surface area (Å²) >= 11 is 2.00. The molecule has 92 valence electrons. The molecule has 1 saturated carbocycles. The largest absolute Gasteiger partial charge is 0.309 e. The highest BCUT2D eigenvalue weighted by Gasteiger charge is 2.23. The fraction of sp³-hybridized carbons (Fsp3) is 0.600.